The number of aliphatic hydroxyl groups is 1. The van der Waals surface area contributed by atoms with Crippen molar-refractivity contribution in [3.05, 3.63) is 94.8 Å². The first kappa shape index (κ1) is 24.6. The number of Topliss-reactive ketones (excluding diaryl/α,β-unsaturated/α-hetero) is 1. The van der Waals surface area contributed by atoms with Crippen molar-refractivity contribution in [2.24, 2.45) is 0 Å². The van der Waals surface area contributed by atoms with Crippen molar-refractivity contribution in [3.63, 3.8) is 0 Å². The van der Waals surface area contributed by atoms with Gasteiger partial charge in [-0.3, -0.25) is 14.5 Å². The molecule has 1 atom stereocenters. The molecule has 0 radical (unpaired) electrons. The van der Waals surface area contributed by atoms with E-state index in [9.17, 15) is 19.1 Å². The molecule has 1 aliphatic heterocycles. The minimum absolute atomic E-state index is 0.0288. The summed E-state index contributed by atoms with van der Waals surface area (Å²) in [6, 6.07) is 17.4. The van der Waals surface area contributed by atoms with Crippen LogP contribution in [0.4, 0.5) is 9.52 Å². The fourth-order valence-electron chi connectivity index (χ4n) is 4.28. The van der Waals surface area contributed by atoms with Crippen molar-refractivity contribution in [2.45, 2.75) is 32.7 Å². The second-order valence-electron chi connectivity index (χ2n) is 8.91. The zero-order chi connectivity index (χ0) is 26.1. The quantitative estimate of drug-likeness (QED) is 0.130. The van der Waals surface area contributed by atoms with Gasteiger partial charge in [-0.2, -0.15) is 0 Å². The first-order chi connectivity index (χ1) is 17.9. The summed E-state index contributed by atoms with van der Waals surface area (Å²) >= 11 is 1.11. The molecule has 1 amide bonds. The van der Waals surface area contributed by atoms with Crippen molar-refractivity contribution in [2.75, 3.05) is 11.5 Å². The number of halogens is 1. The van der Waals surface area contributed by atoms with Crippen LogP contribution in [0.3, 0.4) is 0 Å². The number of aliphatic hydroxyl groups excluding tert-OH is 1. The average molecular weight is 517 g/mol. The van der Waals surface area contributed by atoms with Crippen molar-refractivity contribution >= 4 is 44.1 Å². The number of carbonyl (C=O) groups is 2. The number of hydrogen-bond acceptors (Lipinski definition) is 6. The Kier molecular flexibility index (Phi) is 6.76. The van der Waals surface area contributed by atoms with Crippen LogP contribution in [-0.4, -0.2) is 28.4 Å². The maximum Gasteiger partial charge on any atom is 0.301 e. The summed E-state index contributed by atoms with van der Waals surface area (Å²) in [5.74, 6) is -1.62. The molecule has 1 saturated heterocycles. The first-order valence-corrected chi connectivity index (χ1v) is 12.9. The molecule has 1 fully saturated rings. The van der Waals surface area contributed by atoms with Gasteiger partial charge in [-0.25, -0.2) is 9.37 Å². The number of nitrogens with zero attached hydrogens (tertiary/aromatic N) is 2. The molecule has 37 heavy (non-hydrogen) atoms. The SMILES string of the molecule is CCCCOc1ccc(C2/C(=C(\O)c3ccc(C)cc3)C(=O)C(=O)N2c2nc3ccc(F)cc3s2)cc1. The summed E-state index contributed by atoms with van der Waals surface area (Å²) in [6.45, 7) is 4.59. The van der Waals surface area contributed by atoms with Gasteiger partial charge in [-0.05, 0) is 49.2 Å². The number of anilines is 1. The molecule has 0 spiro atoms. The highest BCUT2D eigenvalue weighted by atomic mass is 32.1. The molecule has 2 heterocycles. The number of amides is 1. The molecule has 1 aliphatic rings. The number of ketones is 1. The van der Waals surface area contributed by atoms with Crippen molar-refractivity contribution in [1.29, 1.82) is 0 Å². The highest BCUT2D eigenvalue weighted by molar-refractivity contribution is 7.22. The van der Waals surface area contributed by atoms with Gasteiger partial charge in [0.05, 0.1) is 28.4 Å². The van der Waals surface area contributed by atoms with Gasteiger partial charge in [-0.1, -0.05) is 66.6 Å². The number of ether oxygens (including phenoxy) is 1. The lowest BCUT2D eigenvalue weighted by atomic mass is 9.95. The summed E-state index contributed by atoms with van der Waals surface area (Å²) < 4.78 is 20.1. The Morgan fingerprint density at radius 1 is 1.08 bits per heavy atom. The fourth-order valence-corrected chi connectivity index (χ4v) is 5.30. The lowest BCUT2D eigenvalue weighted by Crippen LogP contribution is -2.29. The van der Waals surface area contributed by atoms with Crippen LogP contribution in [0.2, 0.25) is 0 Å². The third kappa shape index (κ3) is 4.72. The Labute approximate surface area is 217 Å². The summed E-state index contributed by atoms with van der Waals surface area (Å²) in [7, 11) is 0. The summed E-state index contributed by atoms with van der Waals surface area (Å²) in [5.41, 5.74) is 2.52. The number of thiazole rings is 1. The van der Waals surface area contributed by atoms with Crippen molar-refractivity contribution < 1.29 is 23.8 Å². The van der Waals surface area contributed by atoms with E-state index in [1.807, 2.05) is 19.1 Å². The van der Waals surface area contributed by atoms with E-state index in [-0.39, 0.29) is 16.5 Å². The van der Waals surface area contributed by atoms with E-state index >= 15 is 0 Å². The zero-order valence-electron chi connectivity index (χ0n) is 20.4. The molecule has 0 aliphatic carbocycles. The smallest absolute Gasteiger partial charge is 0.301 e. The number of fused-ring (bicyclic) bond motifs is 1. The molecule has 8 heteroatoms. The van der Waals surface area contributed by atoms with E-state index in [0.29, 0.717) is 33.7 Å². The van der Waals surface area contributed by atoms with Crippen LogP contribution in [-0.2, 0) is 9.59 Å². The second-order valence-corrected chi connectivity index (χ2v) is 9.92. The molecular formula is C29H25FN2O4S. The standard InChI is InChI=1S/C29H25FN2O4S/c1-3-4-15-36-21-12-9-18(10-13-21)25-24(26(33)19-7-5-17(2)6-8-19)27(34)28(35)32(25)29-31-22-14-11-20(30)16-23(22)37-29/h5-14,16,25,33H,3-4,15H2,1-2H3/b26-24+. The van der Waals surface area contributed by atoms with Gasteiger partial charge < -0.3 is 9.84 Å². The number of unbranched alkanes of at least 4 members (excludes halogenated alkanes) is 1. The molecule has 188 valence electrons. The number of hydrogen-bond donors (Lipinski definition) is 1. The molecule has 1 aromatic heterocycles. The van der Waals surface area contributed by atoms with Crippen LogP contribution in [0.5, 0.6) is 5.75 Å². The predicted octanol–water partition coefficient (Wildman–Crippen LogP) is 6.55. The number of benzene rings is 3. The van der Waals surface area contributed by atoms with Crippen LogP contribution < -0.4 is 9.64 Å². The third-order valence-corrected chi connectivity index (χ3v) is 7.29. The van der Waals surface area contributed by atoms with Gasteiger partial charge in [0.1, 0.15) is 17.3 Å². The monoisotopic (exact) mass is 516 g/mol. The summed E-state index contributed by atoms with van der Waals surface area (Å²) in [4.78, 5) is 32.5. The maximum atomic E-state index is 13.8. The molecule has 4 aromatic rings. The number of aryl methyl sites for hydroxylation is 1. The Morgan fingerprint density at radius 2 is 1.81 bits per heavy atom. The van der Waals surface area contributed by atoms with Gasteiger partial charge in [0.2, 0.25) is 0 Å². The minimum atomic E-state index is -0.920. The normalized spacial score (nSPS) is 17.1. The predicted molar refractivity (Wildman–Crippen MR) is 142 cm³/mol. The lowest BCUT2D eigenvalue weighted by Gasteiger charge is -2.23. The van der Waals surface area contributed by atoms with E-state index in [0.717, 1.165) is 29.7 Å². The average Bonchev–Trinajstić information content (AvgIpc) is 3.42. The van der Waals surface area contributed by atoms with Gasteiger partial charge in [-0.15, -0.1) is 0 Å². The molecule has 5 rings (SSSR count). The Morgan fingerprint density at radius 3 is 2.51 bits per heavy atom. The van der Waals surface area contributed by atoms with E-state index in [4.69, 9.17) is 4.74 Å². The Balaban J connectivity index is 1.64. The summed E-state index contributed by atoms with van der Waals surface area (Å²) in [6.07, 6.45) is 1.94. The van der Waals surface area contributed by atoms with Crippen molar-refractivity contribution in [1.82, 2.24) is 4.98 Å². The Hall–Kier alpha value is -4.04. The van der Waals surface area contributed by atoms with E-state index < -0.39 is 23.5 Å². The number of rotatable bonds is 7. The highest BCUT2D eigenvalue weighted by Crippen LogP contribution is 2.44. The molecular weight excluding hydrogens is 491 g/mol. The van der Waals surface area contributed by atoms with Gasteiger partial charge in [0.15, 0.2) is 5.13 Å². The topological polar surface area (TPSA) is 79.7 Å². The maximum absolute atomic E-state index is 13.8. The fraction of sp³-hybridized carbons (Fsp3) is 0.207. The zero-order valence-corrected chi connectivity index (χ0v) is 21.2. The van der Waals surface area contributed by atoms with Crippen LogP contribution in [0.1, 0.15) is 42.5 Å². The first-order valence-electron chi connectivity index (χ1n) is 12.0. The highest BCUT2D eigenvalue weighted by Gasteiger charge is 2.48. The van der Waals surface area contributed by atoms with Crippen LogP contribution in [0.25, 0.3) is 16.0 Å². The molecule has 0 saturated carbocycles. The van der Waals surface area contributed by atoms with Crippen LogP contribution >= 0.6 is 11.3 Å². The molecule has 1 unspecified atom stereocenters. The minimum Gasteiger partial charge on any atom is -0.507 e. The van der Waals surface area contributed by atoms with E-state index in [1.54, 1.807) is 36.4 Å². The van der Waals surface area contributed by atoms with Gasteiger partial charge in [0.25, 0.3) is 5.78 Å². The van der Waals surface area contributed by atoms with Gasteiger partial charge in [0, 0.05) is 5.56 Å². The van der Waals surface area contributed by atoms with Crippen LogP contribution in [0.15, 0.2) is 72.3 Å². The lowest BCUT2D eigenvalue weighted by molar-refractivity contribution is -0.132. The third-order valence-electron chi connectivity index (χ3n) is 6.28. The molecule has 0 bridgehead atoms. The van der Waals surface area contributed by atoms with E-state index in [2.05, 4.69) is 11.9 Å². The van der Waals surface area contributed by atoms with Gasteiger partial charge >= 0.3 is 5.91 Å². The molecule has 3 aromatic carbocycles. The number of aromatic nitrogens is 1. The molecule has 6 nitrogen and oxygen atoms in total. The van der Waals surface area contributed by atoms with Crippen LogP contribution in [0, 0.1) is 12.7 Å². The summed E-state index contributed by atoms with van der Waals surface area (Å²) in [5, 5.41) is 11.5. The Bertz CT molecular complexity index is 1510. The van der Waals surface area contributed by atoms with E-state index in [1.165, 1.54) is 23.1 Å². The largest absolute Gasteiger partial charge is 0.507 e. The molecule has 1 N–H and O–H groups in total. The number of carbonyl (C=O) groups excluding carboxylic acids is 2. The van der Waals surface area contributed by atoms with Crippen molar-refractivity contribution in [3.8, 4) is 5.75 Å². The second kappa shape index (κ2) is 10.1.